The van der Waals surface area contributed by atoms with Gasteiger partial charge in [-0.15, -0.1) is 0 Å². The minimum atomic E-state index is 0.440. The van der Waals surface area contributed by atoms with E-state index in [1.807, 2.05) is 0 Å². The van der Waals surface area contributed by atoms with E-state index in [1.165, 1.54) is 44.1 Å². The molecular weight excluding hydrogens is 188 g/mol. The minimum absolute atomic E-state index is 0.440. The van der Waals surface area contributed by atoms with E-state index in [4.69, 9.17) is 0 Å². The lowest BCUT2D eigenvalue weighted by Gasteiger charge is -2.26. The molecule has 0 aliphatic heterocycles. The van der Waals surface area contributed by atoms with E-state index in [0.717, 1.165) is 5.75 Å². The summed E-state index contributed by atoms with van der Waals surface area (Å²) in [5, 5.41) is 0. The Kier molecular flexibility index (Phi) is 7.44. The molecule has 0 nitrogen and oxygen atoms in total. The summed E-state index contributed by atoms with van der Waals surface area (Å²) in [7, 11) is 0. The highest BCUT2D eigenvalue weighted by molar-refractivity contribution is 7.80. The van der Waals surface area contributed by atoms with Crippen LogP contribution in [0.5, 0.6) is 0 Å². The Hall–Kier alpha value is 0.0900. The molecular formula is C13H26S. The Morgan fingerprint density at radius 1 is 1.29 bits per heavy atom. The van der Waals surface area contributed by atoms with Crippen molar-refractivity contribution in [3.05, 3.63) is 12.2 Å². The fourth-order valence-electron chi connectivity index (χ4n) is 1.61. The Bertz CT molecular complexity index is 157. The van der Waals surface area contributed by atoms with Gasteiger partial charge in [0.15, 0.2) is 0 Å². The van der Waals surface area contributed by atoms with Crippen LogP contribution in [0.15, 0.2) is 12.2 Å². The van der Waals surface area contributed by atoms with Gasteiger partial charge < -0.3 is 0 Å². The Labute approximate surface area is 95.6 Å². The van der Waals surface area contributed by atoms with Crippen molar-refractivity contribution in [2.75, 3.05) is 5.75 Å². The maximum atomic E-state index is 4.42. The molecule has 0 aromatic rings. The van der Waals surface area contributed by atoms with Crippen LogP contribution in [0.4, 0.5) is 0 Å². The van der Waals surface area contributed by atoms with Crippen molar-refractivity contribution < 1.29 is 0 Å². The van der Waals surface area contributed by atoms with Gasteiger partial charge in [0.05, 0.1) is 0 Å². The average molecular weight is 214 g/mol. The van der Waals surface area contributed by atoms with Gasteiger partial charge in [-0.25, -0.2) is 0 Å². The molecule has 0 bridgehead atoms. The van der Waals surface area contributed by atoms with Gasteiger partial charge in [0.1, 0.15) is 0 Å². The molecule has 1 atom stereocenters. The highest BCUT2D eigenvalue weighted by Gasteiger charge is 2.19. The Morgan fingerprint density at radius 2 is 1.93 bits per heavy atom. The largest absolute Gasteiger partial charge is 0.179 e. The zero-order valence-corrected chi connectivity index (χ0v) is 11.0. The first kappa shape index (κ1) is 14.1. The normalized spacial score (nSPS) is 15.1. The summed E-state index contributed by atoms with van der Waals surface area (Å²) in [6, 6.07) is 0. The molecule has 0 saturated carbocycles. The molecule has 1 unspecified atom stereocenters. The molecule has 0 spiro atoms. The van der Waals surface area contributed by atoms with E-state index in [9.17, 15) is 0 Å². The van der Waals surface area contributed by atoms with E-state index in [0.29, 0.717) is 5.41 Å². The second-order valence-electron chi connectivity index (χ2n) is 4.68. The van der Waals surface area contributed by atoms with Crippen molar-refractivity contribution in [1.82, 2.24) is 0 Å². The van der Waals surface area contributed by atoms with E-state index in [1.54, 1.807) is 0 Å². The van der Waals surface area contributed by atoms with Crippen LogP contribution in [0.2, 0.25) is 0 Å². The van der Waals surface area contributed by atoms with Crippen LogP contribution in [0.1, 0.15) is 59.3 Å². The number of hydrogen-bond donors (Lipinski definition) is 1. The molecule has 0 rings (SSSR count). The molecule has 84 valence electrons. The van der Waals surface area contributed by atoms with E-state index in [-0.39, 0.29) is 0 Å². The van der Waals surface area contributed by atoms with Gasteiger partial charge in [0, 0.05) is 0 Å². The molecule has 0 aliphatic rings. The molecule has 0 radical (unpaired) electrons. The summed E-state index contributed by atoms with van der Waals surface area (Å²) in [6.45, 7) is 10.9. The second-order valence-corrected chi connectivity index (χ2v) is 4.99. The predicted octanol–water partition coefficient (Wildman–Crippen LogP) is 4.86. The third kappa shape index (κ3) is 5.74. The van der Waals surface area contributed by atoms with Crippen LogP contribution in [-0.2, 0) is 0 Å². The predicted molar refractivity (Wildman–Crippen MR) is 70.2 cm³/mol. The van der Waals surface area contributed by atoms with Gasteiger partial charge in [-0.05, 0) is 43.3 Å². The summed E-state index contributed by atoms with van der Waals surface area (Å²) in [5.74, 6) is 1.00. The standard InChI is InChI=1S/C13H26S/c1-5-8-12(3)9-7-10-13(4,6-2)11-14/h14H,3,5-11H2,1-2,4H3. The lowest BCUT2D eigenvalue weighted by molar-refractivity contribution is 0.322. The monoisotopic (exact) mass is 214 g/mol. The second kappa shape index (κ2) is 7.39. The Balaban J connectivity index is 3.66. The molecule has 0 N–H and O–H groups in total. The van der Waals surface area contributed by atoms with Gasteiger partial charge >= 0.3 is 0 Å². The fraction of sp³-hybridized carbons (Fsp3) is 0.846. The maximum Gasteiger partial charge on any atom is -0.00439 e. The quantitative estimate of drug-likeness (QED) is 0.433. The number of hydrogen-bond acceptors (Lipinski definition) is 1. The lowest BCUT2D eigenvalue weighted by Crippen LogP contribution is -2.17. The SMILES string of the molecule is C=C(CCC)CCCC(C)(CC)CS. The molecule has 0 saturated heterocycles. The zero-order chi connectivity index (χ0) is 11.0. The van der Waals surface area contributed by atoms with Crippen molar-refractivity contribution in [3.8, 4) is 0 Å². The van der Waals surface area contributed by atoms with Crippen molar-refractivity contribution in [1.29, 1.82) is 0 Å². The molecule has 14 heavy (non-hydrogen) atoms. The fourth-order valence-corrected chi connectivity index (χ4v) is 1.99. The zero-order valence-electron chi connectivity index (χ0n) is 10.1. The third-order valence-corrected chi connectivity index (χ3v) is 3.91. The van der Waals surface area contributed by atoms with Crippen molar-refractivity contribution in [2.24, 2.45) is 5.41 Å². The van der Waals surface area contributed by atoms with E-state index >= 15 is 0 Å². The van der Waals surface area contributed by atoms with Crippen LogP contribution < -0.4 is 0 Å². The van der Waals surface area contributed by atoms with E-state index in [2.05, 4.69) is 40.0 Å². The molecule has 0 heterocycles. The van der Waals surface area contributed by atoms with Crippen LogP contribution in [-0.4, -0.2) is 5.75 Å². The van der Waals surface area contributed by atoms with Gasteiger partial charge in [-0.2, -0.15) is 12.6 Å². The molecule has 0 aliphatic carbocycles. The highest BCUT2D eigenvalue weighted by atomic mass is 32.1. The summed E-state index contributed by atoms with van der Waals surface area (Å²) in [4.78, 5) is 0. The van der Waals surface area contributed by atoms with Gasteiger partial charge in [0.25, 0.3) is 0 Å². The molecule has 0 fully saturated rings. The van der Waals surface area contributed by atoms with Crippen molar-refractivity contribution in [2.45, 2.75) is 59.3 Å². The van der Waals surface area contributed by atoms with Gasteiger partial charge in [-0.1, -0.05) is 39.3 Å². The van der Waals surface area contributed by atoms with Crippen LogP contribution in [0.25, 0.3) is 0 Å². The van der Waals surface area contributed by atoms with E-state index < -0.39 is 0 Å². The first-order valence-electron chi connectivity index (χ1n) is 5.85. The first-order chi connectivity index (χ1) is 6.58. The minimum Gasteiger partial charge on any atom is -0.179 e. The van der Waals surface area contributed by atoms with Crippen LogP contribution in [0, 0.1) is 5.41 Å². The molecule has 1 heteroatoms. The first-order valence-corrected chi connectivity index (χ1v) is 6.48. The number of allylic oxidation sites excluding steroid dienone is 1. The van der Waals surface area contributed by atoms with Crippen molar-refractivity contribution >= 4 is 12.6 Å². The molecule has 0 aromatic carbocycles. The van der Waals surface area contributed by atoms with Crippen molar-refractivity contribution in [3.63, 3.8) is 0 Å². The Morgan fingerprint density at radius 3 is 2.36 bits per heavy atom. The summed E-state index contributed by atoms with van der Waals surface area (Å²) < 4.78 is 0. The summed E-state index contributed by atoms with van der Waals surface area (Å²) in [6.07, 6.45) is 7.44. The van der Waals surface area contributed by atoms with Gasteiger partial charge in [-0.3, -0.25) is 0 Å². The topological polar surface area (TPSA) is 0 Å². The highest BCUT2D eigenvalue weighted by Crippen LogP contribution is 2.30. The molecule has 0 aromatic heterocycles. The number of rotatable bonds is 8. The van der Waals surface area contributed by atoms with Crippen LogP contribution >= 0.6 is 12.6 Å². The van der Waals surface area contributed by atoms with Gasteiger partial charge in [0.2, 0.25) is 0 Å². The summed E-state index contributed by atoms with van der Waals surface area (Å²) in [5.41, 5.74) is 1.86. The third-order valence-electron chi connectivity index (χ3n) is 3.15. The maximum absolute atomic E-state index is 4.42. The summed E-state index contributed by atoms with van der Waals surface area (Å²) >= 11 is 4.42. The molecule has 0 amide bonds. The smallest absolute Gasteiger partial charge is 0.00439 e. The lowest BCUT2D eigenvalue weighted by atomic mass is 9.83. The van der Waals surface area contributed by atoms with Crippen LogP contribution in [0.3, 0.4) is 0 Å². The number of thiol groups is 1. The average Bonchev–Trinajstić information content (AvgIpc) is 2.18.